The van der Waals surface area contributed by atoms with Crippen LogP contribution < -0.4 is 14.8 Å². The van der Waals surface area contributed by atoms with Crippen molar-refractivity contribution in [3.8, 4) is 11.5 Å². The Morgan fingerprint density at radius 2 is 1.94 bits per heavy atom. The molecule has 1 aromatic rings. The van der Waals surface area contributed by atoms with Gasteiger partial charge >= 0.3 is 0 Å². The summed E-state index contributed by atoms with van der Waals surface area (Å²) in [6.45, 7) is 5.71. The van der Waals surface area contributed by atoms with Crippen LogP contribution in [0.15, 0.2) is 12.1 Å². The Balaban J connectivity index is 2.35. The molecule has 1 aromatic carbocycles. The first kappa shape index (κ1) is 11.8. The highest BCUT2D eigenvalue weighted by Crippen LogP contribution is 2.32. The molecule has 0 saturated carbocycles. The van der Waals surface area contributed by atoms with Crippen molar-refractivity contribution in [2.75, 3.05) is 19.8 Å². The summed E-state index contributed by atoms with van der Waals surface area (Å²) in [6.07, 6.45) is 0.865. The van der Waals surface area contributed by atoms with Crippen molar-refractivity contribution in [3.05, 3.63) is 23.3 Å². The molecule has 0 aliphatic carbocycles. The Hall–Kier alpha value is -1.71. The van der Waals surface area contributed by atoms with Gasteiger partial charge in [0, 0.05) is 18.5 Å². The third kappa shape index (κ3) is 2.52. The number of amides is 1. The van der Waals surface area contributed by atoms with E-state index in [9.17, 15) is 4.79 Å². The molecule has 1 aliphatic rings. The first-order valence-corrected chi connectivity index (χ1v) is 5.91. The minimum absolute atomic E-state index is 0.0688. The molecule has 92 valence electrons. The molecule has 4 nitrogen and oxygen atoms in total. The molecule has 0 atom stereocenters. The van der Waals surface area contributed by atoms with Crippen LogP contribution in [0.5, 0.6) is 11.5 Å². The van der Waals surface area contributed by atoms with Crippen LogP contribution in [0.2, 0.25) is 0 Å². The van der Waals surface area contributed by atoms with Gasteiger partial charge in [-0.15, -0.1) is 0 Å². The lowest BCUT2D eigenvalue weighted by atomic mass is 10.1. The van der Waals surface area contributed by atoms with E-state index in [0.29, 0.717) is 31.1 Å². The van der Waals surface area contributed by atoms with E-state index in [1.807, 2.05) is 19.9 Å². The summed E-state index contributed by atoms with van der Waals surface area (Å²) in [4.78, 5) is 11.8. The van der Waals surface area contributed by atoms with Crippen LogP contribution >= 0.6 is 0 Å². The number of rotatable bonds is 2. The van der Waals surface area contributed by atoms with Crippen molar-refractivity contribution < 1.29 is 14.3 Å². The van der Waals surface area contributed by atoms with Gasteiger partial charge in [-0.05, 0) is 31.5 Å². The molecule has 0 unspecified atom stereocenters. The predicted molar refractivity (Wildman–Crippen MR) is 64.8 cm³/mol. The van der Waals surface area contributed by atoms with Gasteiger partial charge in [0.15, 0.2) is 11.5 Å². The van der Waals surface area contributed by atoms with E-state index >= 15 is 0 Å². The van der Waals surface area contributed by atoms with Crippen molar-refractivity contribution in [1.82, 2.24) is 5.32 Å². The van der Waals surface area contributed by atoms with Crippen molar-refractivity contribution in [3.63, 3.8) is 0 Å². The average molecular weight is 235 g/mol. The van der Waals surface area contributed by atoms with Gasteiger partial charge in [0.05, 0.1) is 13.2 Å². The minimum atomic E-state index is -0.0688. The molecule has 1 heterocycles. The lowest BCUT2D eigenvalue weighted by Crippen LogP contribution is -2.23. The Kier molecular flexibility index (Phi) is 3.52. The standard InChI is InChI=1S/C13H17NO3/c1-3-14-13(15)10-8-12-11(7-9(10)2)16-5-4-6-17-12/h7-8H,3-6H2,1-2H3,(H,14,15). The predicted octanol–water partition coefficient (Wildman–Crippen LogP) is 1.91. The first-order chi connectivity index (χ1) is 8.22. The fourth-order valence-corrected chi connectivity index (χ4v) is 1.81. The number of hydrogen-bond acceptors (Lipinski definition) is 3. The van der Waals surface area contributed by atoms with E-state index in [4.69, 9.17) is 9.47 Å². The van der Waals surface area contributed by atoms with E-state index in [2.05, 4.69) is 5.32 Å². The SMILES string of the molecule is CCNC(=O)c1cc2c(cc1C)OCCCO2. The molecule has 1 N–H and O–H groups in total. The van der Waals surface area contributed by atoms with Gasteiger partial charge in [0.25, 0.3) is 5.91 Å². The van der Waals surface area contributed by atoms with Crippen LogP contribution in [0.4, 0.5) is 0 Å². The van der Waals surface area contributed by atoms with Gasteiger partial charge in [-0.3, -0.25) is 4.79 Å². The maximum Gasteiger partial charge on any atom is 0.251 e. The Morgan fingerprint density at radius 1 is 1.29 bits per heavy atom. The van der Waals surface area contributed by atoms with Gasteiger partial charge in [0.1, 0.15) is 0 Å². The molecule has 4 heteroatoms. The number of carbonyl (C=O) groups is 1. The fourth-order valence-electron chi connectivity index (χ4n) is 1.81. The van der Waals surface area contributed by atoms with E-state index in [-0.39, 0.29) is 5.91 Å². The van der Waals surface area contributed by atoms with Gasteiger partial charge < -0.3 is 14.8 Å². The van der Waals surface area contributed by atoms with Crippen molar-refractivity contribution in [1.29, 1.82) is 0 Å². The number of benzene rings is 1. The maximum atomic E-state index is 11.8. The Bertz CT molecular complexity index is 429. The van der Waals surface area contributed by atoms with E-state index in [1.54, 1.807) is 6.07 Å². The molecule has 1 amide bonds. The molecule has 2 rings (SSSR count). The van der Waals surface area contributed by atoms with Gasteiger partial charge in [0.2, 0.25) is 0 Å². The number of fused-ring (bicyclic) bond motifs is 1. The Labute approximate surface area is 101 Å². The van der Waals surface area contributed by atoms with Crippen molar-refractivity contribution in [2.24, 2.45) is 0 Å². The molecule has 0 spiro atoms. The summed E-state index contributed by atoms with van der Waals surface area (Å²) in [7, 11) is 0. The molecular weight excluding hydrogens is 218 g/mol. The highest BCUT2D eigenvalue weighted by molar-refractivity contribution is 5.96. The second kappa shape index (κ2) is 5.08. The maximum absolute atomic E-state index is 11.8. The molecule has 0 aromatic heterocycles. The average Bonchev–Trinajstić information content (AvgIpc) is 2.52. The van der Waals surface area contributed by atoms with Crippen LogP contribution in [0.25, 0.3) is 0 Å². The summed E-state index contributed by atoms with van der Waals surface area (Å²) in [6, 6.07) is 3.63. The first-order valence-electron chi connectivity index (χ1n) is 5.91. The summed E-state index contributed by atoms with van der Waals surface area (Å²) in [5.74, 6) is 1.32. The zero-order chi connectivity index (χ0) is 12.3. The zero-order valence-electron chi connectivity index (χ0n) is 10.2. The smallest absolute Gasteiger partial charge is 0.251 e. The molecule has 0 bridgehead atoms. The molecule has 0 fully saturated rings. The van der Waals surface area contributed by atoms with Gasteiger partial charge in [-0.2, -0.15) is 0 Å². The number of hydrogen-bond donors (Lipinski definition) is 1. The van der Waals surface area contributed by atoms with E-state index in [1.165, 1.54) is 0 Å². The topological polar surface area (TPSA) is 47.6 Å². The van der Waals surface area contributed by atoms with Crippen LogP contribution in [0.3, 0.4) is 0 Å². The highest BCUT2D eigenvalue weighted by Gasteiger charge is 2.16. The van der Waals surface area contributed by atoms with E-state index < -0.39 is 0 Å². The van der Waals surface area contributed by atoms with Crippen LogP contribution in [-0.4, -0.2) is 25.7 Å². The van der Waals surface area contributed by atoms with Gasteiger partial charge in [-0.1, -0.05) is 0 Å². The summed E-state index contributed by atoms with van der Waals surface area (Å²) < 4.78 is 11.1. The molecule has 17 heavy (non-hydrogen) atoms. The van der Waals surface area contributed by atoms with Crippen LogP contribution in [-0.2, 0) is 0 Å². The normalized spacial score (nSPS) is 14.0. The van der Waals surface area contributed by atoms with Crippen molar-refractivity contribution in [2.45, 2.75) is 20.3 Å². The third-order valence-corrected chi connectivity index (χ3v) is 2.68. The Morgan fingerprint density at radius 3 is 2.59 bits per heavy atom. The lowest BCUT2D eigenvalue weighted by molar-refractivity contribution is 0.0954. The second-order valence-electron chi connectivity index (χ2n) is 4.02. The molecule has 1 aliphatic heterocycles. The van der Waals surface area contributed by atoms with Crippen LogP contribution in [0.1, 0.15) is 29.3 Å². The van der Waals surface area contributed by atoms with Crippen molar-refractivity contribution >= 4 is 5.91 Å². The fraction of sp³-hybridized carbons (Fsp3) is 0.462. The molecule has 0 radical (unpaired) electrons. The lowest BCUT2D eigenvalue weighted by Gasteiger charge is -2.12. The molecular formula is C13H17NO3. The monoisotopic (exact) mass is 235 g/mol. The summed E-state index contributed by atoms with van der Waals surface area (Å²) in [5, 5.41) is 2.79. The summed E-state index contributed by atoms with van der Waals surface area (Å²) in [5.41, 5.74) is 1.55. The number of ether oxygens (including phenoxy) is 2. The minimum Gasteiger partial charge on any atom is -0.490 e. The summed E-state index contributed by atoms with van der Waals surface area (Å²) >= 11 is 0. The second-order valence-corrected chi connectivity index (χ2v) is 4.02. The van der Waals surface area contributed by atoms with E-state index in [0.717, 1.165) is 17.7 Å². The molecule has 0 saturated heterocycles. The highest BCUT2D eigenvalue weighted by atomic mass is 16.5. The number of aryl methyl sites for hydroxylation is 1. The van der Waals surface area contributed by atoms with Crippen LogP contribution in [0, 0.1) is 6.92 Å². The third-order valence-electron chi connectivity index (χ3n) is 2.68. The van der Waals surface area contributed by atoms with Gasteiger partial charge in [-0.25, -0.2) is 0 Å². The zero-order valence-corrected chi connectivity index (χ0v) is 10.2. The number of nitrogens with one attached hydrogen (secondary N) is 1. The number of carbonyl (C=O) groups excluding carboxylic acids is 1. The largest absolute Gasteiger partial charge is 0.490 e. The quantitative estimate of drug-likeness (QED) is 0.851.